The van der Waals surface area contributed by atoms with Crippen LogP contribution in [0.15, 0.2) is 29.1 Å². The Balaban J connectivity index is 2.15. The van der Waals surface area contributed by atoms with Crippen LogP contribution in [0.25, 0.3) is 21.3 Å². The third kappa shape index (κ3) is 3.39. The fourth-order valence-electron chi connectivity index (χ4n) is 2.84. The summed E-state index contributed by atoms with van der Waals surface area (Å²) in [6, 6.07) is 6.01. The van der Waals surface area contributed by atoms with Gasteiger partial charge in [0.25, 0.3) is 5.56 Å². The number of hydrogen-bond acceptors (Lipinski definition) is 5. The molecular formula is C19H19FN2O3S. The van der Waals surface area contributed by atoms with Crippen LogP contribution in [0, 0.1) is 19.7 Å². The normalized spacial score (nSPS) is 11.1. The number of halogens is 1. The number of nitrogens with zero attached hydrogens (tertiary/aromatic N) is 2. The van der Waals surface area contributed by atoms with Gasteiger partial charge in [0.05, 0.1) is 12.0 Å². The van der Waals surface area contributed by atoms with Crippen LogP contribution in [0.2, 0.25) is 0 Å². The van der Waals surface area contributed by atoms with E-state index in [1.807, 2.05) is 13.8 Å². The van der Waals surface area contributed by atoms with Crippen molar-refractivity contribution in [3.05, 3.63) is 51.1 Å². The molecule has 0 radical (unpaired) electrons. The SMILES string of the molecule is CCCOC(=O)Cn1c(C)nc2sc(C)c(-c3ccc(F)cc3)c2c1=O. The lowest BCUT2D eigenvalue weighted by molar-refractivity contribution is -0.144. The molecule has 0 aliphatic carbocycles. The van der Waals surface area contributed by atoms with Gasteiger partial charge >= 0.3 is 5.97 Å². The van der Waals surface area contributed by atoms with Crippen molar-refractivity contribution in [2.75, 3.05) is 6.61 Å². The third-order valence-electron chi connectivity index (χ3n) is 4.07. The number of esters is 1. The first-order chi connectivity index (χ1) is 12.4. The number of benzene rings is 1. The van der Waals surface area contributed by atoms with Gasteiger partial charge in [0.15, 0.2) is 0 Å². The number of thiophene rings is 1. The lowest BCUT2D eigenvalue weighted by Crippen LogP contribution is -2.28. The van der Waals surface area contributed by atoms with E-state index in [2.05, 4.69) is 4.98 Å². The van der Waals surface area contributed by atoms with Gasteiger partial charge in [-0.2, -0.15) is 0 Å². The van der Waals surface area contributed by atoms with Gasteiger partial charge in [-0.05, 0) is 38.0 Å². The van der Waals surface area contributed by atoms with Crippen molar-refractivity contribution in [3.63, 3.8) is 0 Å². The Morgan fingerprint density at radius 3 is 2.62 bits per heavy atom. The lowest BCUT2D eigenvalue weighted by Gasteiger charge is -2.10. The Kier molecular flexibility index (Phi) is 5.18. The Morgan fingerprint density at radius 2 is 1.96 bits per heavy atom. The zero-order chi connectivity index (χ0) is 18.8. The molecule has 5 nitrogen and oxygen atoms in total. The minimum atomic E-state index is -0.464. The molecule has 0 spiro atoms. The number of aromatic nitrogens is 2. The number of aryl methyl sites for hydroxylation is 2. The van der Waals surface area contributed by atoms with Crippen molar-refractivity contribution in [1.82, 2.24) is 9.55 Å². The number of rotatable bonds is 5. The van der Waals surface area contributed by atoms with Crippen LogP contribution in [-0.2, 0) is 16.1 Å². The van der Waals surface area contributed by atoms with Gasteiger partial charge in [-0.1, -0.05) is 19.1 Å². The molecule has 3 rings (SSSR count). The first kappa shape index (κ1) is 18.3. The summed E-state index contributed by atoms with van der Waals surface area (Å²) in [6.07, 6.45) is 0.718. The van der Waals surface area contributed by atoms with Gasteiger partial charge in [-0.3, -0.25) is 14.2 Å². The summed E-state index contributed by atoms with van der Waals surface area (Å²) in [5.41, 5.74) is 1.20. The zero-order valence-corrected chi connectivity index (χ0v) is 15.7. The smallest absolute Gasteiger partial charge is 0.326 e. The van der Waals surface area contributed by atoms with Gasteiger partial charge in [0, 0.05) is 10.4 Å². The van der Waals surface area contributed by atoms with Gasteiger partial charge in [0.2, 0.25) is 0 Å². The van der Waals surface area contributed by atoms with E-state index in [-0.39, 0.29) is 17.9 Å². The summed E-state index contributed by atoms with van der Waals surface area (Å²) >= 11 is 1.41. The van der Waals surface area contributed by atoms with Gasteiger partial charge in [-0.15, -0.1) is 11.3 Å². The minimum Gasteiger partial charge on any atom is -0.464 e. The molecule has 26 heavy (non-hydrogen) atoms. The Hall–Kier alpha value is -2.54. The van der Waals surface area contributed by atoms with Gasteiger partial charge < -0.3 is 4.74 Å². The molecule has 0 N–H and O–H groups in total. The second kappa shape index (κ2) is 7.37. The summed E-state index contributed by atoms with van der Waals surface area (Å²) in [6.45, 7) is 5.65. The molecule has 1 aromatic carbocycles. The first-order valence-corrected chi connectivity index (χ1v) is 9.16. The summed E-state index contributed by atoms with van der Waals surface area (Å²) < 4.78 is 19.7. The Labute approximate surface area is 154 Å². The summed E-state index contributed by atoms with van der Waals surface area (Å²) in [7, 11) is 0. The summed E-state index contributed by atoms with van der Waals surface area (Å²) in [5, 5.41) is 0.452. The highest BCUT2D eigenvalue weighted by Crippen LogP contribution is 2.35. The predicted molar refractivity (Wildman–Crippen MR) is 100.0 cm³/mol. The second-order valence-electron chi connectivity index (χ2n) is 5.99. The zero-order valence-electron chi connectivity index (χ0n) is 14.8. The van der Waals surface area contributed by atoms with Crippen molar-refractivity contribution >= 4 is 27.5 Å². The average Bonchev–Trinajstić information content (AvgIpc) is 2.93. The largest absolute Gasteiger partial charge is 0.464 e. The van der Waals surface area contributed by atoms with Crippen LogP contribution in [0.3, 0.4) is 0 Å². The maximum absolute atomic E-state index is 13.3. The van der Waals surface area contributed by atoms with E-state index in [4.69, 9.17) is 4.74 Å². The van der Waals surface area contributed by atoms with E-state index >= 15 is 0 Å². The fourth-order valence-corrected chi connectivity index (χ4v) is 3.92. The van der Waals surface area contributed by atoms with Crippen LogP contribution < -0.4 is 5.56 Å². The molecule has 0 bridgehead atoms. The van der Waals surface area contributed by atoms with Gasteiger partial charge in [0.1, 0.15) is 23.0 Å². The number of ether oxygens (including phenoxy) is 1. The summed E-state index contributed by atoms with van der Waals surface area (Å²) in [5.74, 6) is -0.340. The van der Waals surface area contributed by atoms with Crippen molar-refractivity contribution in [2.24, 2.45) is 0 Å². The van der Waals surface area contributed by atoms with Crippen molar-refractivity contribution in [2.45, 2.75) is 33.7 Å². The predicted octanol–water partition coefficient (Wildman–Crippen LogP) is 3.83. The number of hydrogen-bond donors (Lipinski definition) is 0. The van der Waals surface area contributed by atoms with E-state index in [0.29, 0.717) is 22.6 Å². The quantitative estimate of drug-likeness (QED) is 0.637. The molecule has 0 aliphatic heterocycles. The molecule has 0 atom stereocenters. The number of carbonyl (C=O) groups excluding carboxylic acids is 1. The van der Waals surface area contributed by atoms with Gasteiger partial charge in [-0.25, -0.2) is 9.37 Å². The molecule has 7 heteroatoms. The van der Waals surface area contributed by atoms with Crippen LogP contribution in [0.1, 0.15) is 24.0 Å². The highest BCUT2D eigenvalue weighted by molar-refractivity contribution is 7.19. The molecule has 2 aromatic heterocycles. The second-order valence-corrected chi connectivity index (χ2v) is 7.19. The summed E-state index contributed by atoms with van der Waals surface area (Å²) in [4.78, 5) is 31.1. The standard InChI is InChI=1S/C19H19FN2O3S/c1-4-9-25-15(23)10-22-12(3)21-18-17(19(22)24)16(11(2)26-18)13-5-7-14(20)8-6-13/h5-8H,4,9-10H2,1-3H3. The molecule has 0 unspecified atom stereocenters. The van der Waals surface area contributed by atoms with Crippen LogP contribution in [0.4, 0.5) is 4.39 Å². The van der Waals surface area contributed by atoms with E-state index < -0.39 is 5.97 Å². The van der Waals surface area contributed by atoms with E-state index in [9.17, 15) is 14.0 Å². The van der Waals surface area contributed by atoms with Crippen molar-refractivity contribution in [1.29, 1.82) is 0 Å². The molecule has 0 aliphatic rings. The number of carbonyl (C=O) groups is 1. The first-order valence-electron chi connectivity index (χ1n) is 8.34. The fraction of sp³-hybridized carbons (Fsp3) is 0.316. The Morgan fingerprint density at radius 1 is 1.27 bits per heavy atom. The molecule has 2 heterocycles. The van der Waals surface area contributed by atoms with E-state index in [1.54, 1.807) is 19.1 Å². The molecule has 3 aromatic rings. The molecule has 0 amide bonds. The molecule has 0 saturated heterocycles. The molecule has 136 valence electrons. The molecule has 0 saturated carbocycles. The van der Waals surface area contributed by atoms with Crippen LogP contribution in [-0.4, -0.2) is 22.1 Å². The van der Waals surface area contributed by atoms with Crippen LogP contribution >= 0.6 is 11.3 Å². The van der Waals surface area contributed by atoms with E-state index in [1.165, 1.54) is 28.0 Å². The molecule has 0 fully saturated rings. The average molecular weight is 374 g/mol. The van der Waals surface area contributed by atoms with E-state index in [0.717, 1.165) is 22.4 Å². The third-order valence-corrected chi connectivity index (χ3v) is 5.07. The van der Waals surface area contributed by atoms with Crippen LogP contribution in [0.5, 0.6) is 0 Å². The number of fused-ring (bicyclic) bond motifs is 1. The molecular weight excluding hydrogens is 355 g/mol. The minimum absolute atomic E-state index is 0.175. The Bertz CT molecular complexity index is 1020. The highest BCUT2D eigenvalue weighted by atomic mass is 32.1. The monoisotopic (exact) mass is 374 g/mol. The lowest BCUT2D eigenvalue weighted by atomic mass is 10.0. The topological polar surface area (TPSA) is 61.2 Å². The highest BCUT2D eigenvalue weighted by Gasteiger charge is 2.20. The maximum Gasteiger partial charge on any atom is 0.326 e. The van der Waals surface area contributed by atoms with Crippen molar-refractivity contribution in [3.8, 4) is 11.1 Å². The maximum atomic E-state index is 13.3. The van der Waals surface area contributed by atoms with Crippen molar-refractivity contribution < 1.29 is 13.9 Å².